The van der Waals surface area contributed by atoms with Gasteiger partial charge in [0.1, 0.15) is 0 Å². The lowest BCUT2D eigenvalue weighted by atomic mass is 9.64. The SMILES string of the molecule is CC1CC(C)(C)CC(CO)(NCC(N)=O)C1. The molecule has 1 aliphatic carbocycles. The molecule has 1 amide bonds. The number of carbonyl (C=O) groups is 1. The van der Waals surface area contributed by atoms with Crippen LogP contribution in [0, 0.1) is 11.3 Å². The van der Waals surface area contributed by atoms with Gasteiger partial charge in [0, 0.05) is 5.54 Å². The minimum Gasteiger partial charge on any atom is -0.394 e. The largest absolute Gasteiger partial charge is 0.394 e. The van der Waals surface area contributed by atoms with Crippen molar-refractivity contribution in [3.63, 3.8) is 0 Å². The van der Waals surface area contributed by atoms with Crippen molar-refractivity contribution in [2.24, 2.45) is 17.1 Å². The van der Waals surface area contributed by atoms with E-state index in [0.29, 0.717) is 5.92 Å². The van der Waals surface area contributed by atoms with E-state index in [-0.39, 0.29) is 30.0 Å². The molecule has 1 aliphatic rings. The number of carbonyl (C=O) groups excluding carboxylic acids is 1. The molecule has 1 fully saturated rings. The van der Waals surface area contributed by atoms with Crippen molar-refractivity contribution in [3.05, 3.63) is 0 Å². The van der Waals surface area contributed by atoms with Crippen molar-refractivity contribution in [2.45, 2.75) is 45.6 Å². The summed E-state index contributed by atoms with van der Waals surface area (Å²) in [6.45, 7) is 6.81. The van der Waals surface area contributed by atoms with Crippen LogP contribution in [-0.2, 0) is 4.79 Å². The highest BCUT2D eigenvalue weighted by Gasteiger charge is 2.42. The molecule has 4 heteroatoms. The predicted molar refractivity (Wildman–Crippen MR) is 63.8 cm³/mol. The fourth-order valence-corrected chi connectivity index (χ4v) is 3.33. The van der Waals surface area contributed by atoms with E-state index in [0.717, 1.165) is 19.3 Å². The number of nitrogens with one attached hydrogen (secondary N) is 1. The Morgan fingerprint density at radius 3 is 2.56 bits per heavy atom. The molecule has 0 heterocycles. The van der Waals surface area contributed by atoms with Gasteiger partial charge in [0.2, 0.25) is 5.91 Å². The Hall–Kier alpha value is -0.610. The lowest BCUT2D eigenvalue weighted by Gasteiger charge is -2.47. The first-order valence-electron chi connectivity index (χ1n) is 5.93. The maximum atomic E-state index is 10.8. The third-order valence-corrected chi connectivity index (χ3v) is 3.40. The minimum atomic E-state index is -0.371. The number of aliphatic hydroxyl groups excluding tert-OH is 1. The van der Waals surface area contributed by atoms with Gasteiger partial charge in [-0.25, -0.2) is 0 Å². The summed E-state index contributed by atoms with van der Waals surface area (Å²) in [7, 11) is 0. The summed E-state index contributed by atoms with van der Waals surface area (Å²) >= 11 is 0. The Labute approximate surface area is 97.6 Å². The van der Waals surface area contributed by atoms with Gasteiger partial charge in [0.15, 0.2) is 0 Å². The first-order valence-corrected chi connectivity index (χ1v) is 5.93. The van der Waals surface area contributed by atoms with E-state index in [1.807, 2.05) is 0 Å². The van der Waals surface area contributed by atoms with Crippen LogP contribution in [0.5, 0.6) is 0 Å². The molecule has 0 aliphatic heterocycles. The van der Waals surface area contributed by atoms with Crippen molar-refractivity contribution in [2.75, 3.05) is 13.2 Å². The topological polar surface area (TPSA) is 75.3 Å². The molecular weight excluding hydrogens is 204 g/mol. The van der Waals surface area contributed by atoms with Crippen LogP contribution in [-0.4, -0.2) is 29.7 Å². The van der Waals surface area contributed by atoms with E-state index in [2.05, 4.69) is 26.1 Å². The summed E-state index contributed by atoms with van der Waals surface area (Å²) in [6, 6.07) is 0. The zero-order chi connectivity index (χ0) is 12.4. The molecule has 2 unspecified atom stereocenters. The Morgan fingerprint density at radius 2 is 2.12 bits per heavy atom. The molecule has 0 bridgehead atoms. The van der Waals surface area contributed by atoms with Gasteiger partial charge in [-0.2, -0.15) is 0 Å². The number of amides is 1. The summed E-state index contributed by atoms with van der Waals surface area (Å²) in [4.78, 5) is 10.8. The Morgan fingerprint density at radius 1 is 1.50 bits per heavy atom. The van der Waals surface area contributed by atoms with E-state index in [1.165, 1.54) is 0 Å². The van der Waals surface area contributed by atoms with Crippen LogP contribution in [0.15, 0.2) is 0 Å². The molecular formula is C12H24N2O2. The Bertz CT molecular complexity index is 266. The lowest BCUT2D eigenvalue weighted by Crippen LogP contribution is -2.56. The molecule has 0 aromatic heterocycles. The van der Waals surface area contributed by atoms with Gasteiger partial charge in [0.25, 0.3) is 0 Å². The third-order valence-electron chi connectivity index (χ3n) is 3.40. The van der Waals surface area contributed by atoms with Gasteiger partial charge in [-0.15, -0.1) is 0 Å². The highest BCUT2D eigenvalue weighted by atomic mass is 16.3. The Balaban J connectivity index is 2.73. The maximum absolute atomic E-state index is 10.8. The van der Waals surface area contributed by atoms with Crippen LogP contribution in [0.3, 0.4) is 0 Å². The van der Waals surface area contributed by atoms with Crippen LogP contribution in [0.4, 0.5) is 0 Å². The van der Waals surface area contributed by atoms with Gasteiger partial charge in [-0.05, 0) is 30.6 Å². The molecule has 94 valence electrons. The second-order valence-corrected chi connectivity index (χ2v) is 6.11. The zero-order valence-electron chi connectivity index (χ0n) is 10.5. The van der Waals surface area contributed by atoms with Gasteiger partial charge in [-0.3, -0.25) is 4.79 Å². The molecule has 0 aromatic carbocycles. The van der Waals surface area contributed by atoms with Gasteiger partial charge < -0.3 is 16.2 Å². The minimum absolute atomic E-state index is 0.0635. The van der Waals surface area contributed by atoms with Crippen molar-refractivity contribution >= 4 is 5.91 Å². The van der Waals surface area contributed by atoms with Crippen molar-refractivity contribution < 1.29 is 9.90 Å². The summed E-state index contributed by atoms with van der Waals surface area (Å²) in [5.41, 5.74) is 5.00. The van der Waals surface area contributed by atoms with Gasteiger partial charge in [0.05, 0.1) is 13.2 Å². The molecule has 4 N–H and O–H groups in total. The number of rotatable bonds is 4. The average Bonchev–Trinajstić information content (AvgIpc) is 2.11. The first kappa shape index (κ1) is 13.5. The van der Waals surface area contributed by atoms with Crippen molar-refractivity contribution in [1.82, 2.24) is 5.32 Å². The quantitative estimate of drug-likeness (QED) is 0.661. The van der Waals surface area contributed by atoms with E-state index >= 15 is 0 Å². The van der Waals surface area contributed by atoms with Gasteiger partial charge >= 0.3 is 0 Å². The lowest BCUT2D eigenvalue weighted by molar-refractivity contribution is -0.118. The fraction of sp³-hybridized carbons (Fsp3) is 0.917. The zero-order valence-corrected chi connectivity index (χ0v) is 10.5. The molecule has 16 heavy (non-hydrogen) atoms. The summed E-state index contributed by atoms with van der Waals surface area (Å²) < 4.78 is 0. The average molecular weight is 228 g/mol. The van der Waals surface area contributed by atoms with Gasteiger partial charge in [-0.1, -0.05) is 20.8 Å². The van der Waals surface area contributed by atoms with E-state index in [1.54, 1.807) is 0 Å². The highest BCUT2D eigenvalue weighted by Crippen LogP contribution is 2.43. The van der Waals surface area contributed by atoms with Crippen LogP contribution in [0.2, 0.25) is 0 Å². The molecule has 0 aromatic rings. The molecule has 1 rings (SSSR count). The summed E-state index contributed by atoms with van der Waals surface area (Å²) in [6.07, 6.45) is 2.95. The monoisotopic (exact) mass is 228 g/mol. The number of primary amides is 1. The molecule has 0 spiro atoms. The standard InChI is InChI=1S/C12H24N2O2/c1-9-4-11(2,3)7-12(5-9,8-15)14-6-10(13)16/h9,14-15H,4-8H2,1-3H3,(H2,13,16). The second kappa shape index (κ2) is 4.72. The highest BCUT2D eigenvalue weighted by molar-refractivity contribution is 5.76. The van der Waals surface area contributed by atoms with Crippen LogP contribution < -0.4 is 11.1 Å². The van der Waals surface area contributed by atoms with Crippen LogP contribution >= 0.6 is 0 Å². The summed E-state index contributed by atoms with van der Waals surface area (Å²) in [5, 5.41) is 12.7. The van der Waals surface area contributed by atoms with Crippen LogP contribution in [0.1, 0.15) is 40.0 Å². The second-order valence-electron chi connectivity index (χ2n) is 6.11. The fourth-order valence-electron chi connectivity index (χ4n) is 3.33. The summed E-state index contributed by atoms with van der Waals surface area (Å²) in [5.74, 6) is 0.181. The van der Waals surface area contributed by atoms with Crippen molar-refractivity contribution in [3.8, 4) is 0 Å². The maximum Gasteiger partial charge on any atom is 0.231 e. The van der Waals surface area contributed by atoms with E-state index < -0.39 is 0 Å². The predicted octanol–water partition coefficient (Wildman–Crippen LogP) is 0.639. The molecule has 1 saturated carbocycles. The first-order chi connectivity index (χ1) is 7.29. The molecule has 0 radical (unpaired) electrons. The smallest absolute Gasteiger partial charge is 0.231 e. The van der Waals surface area contributed by atoms with E-state index in [9.17, 15) is 9.90 Å². The molecule has 4 nitrogen and oxygen atoms in total. The number of aliphatic hydroxyl groups is 1. The van der Waals surface area contributed by atoms with Crippen molar-refractivity contribution in [1.29, 1.82) is 0 Å². The number of nitrogens with two attached hydrogens (primary N) is 1. The third kappa shape index (κ3) is 3.46. The number of hydrogen-bond donors (Lipinski definition) is 3. The Kier molecular flexibility index (Phi) is 3.97. The van der Waals surface area contributed by atoms with E-state index in [4.69, 9.17) is 5.73 Å². The number of hydrogen-bond acceptors (Lipinski definition) is 3. The normalized spacial score (nSPS) is 33.6. The van der Waals surface area contributed by atoms with Crippen LogP contribution in [0.25, 0.3) is 0 Å². The molecule has 2 atom stereocenters. The molecule has 0 saturated heterocycles.